The standard InChI is InChI=1S/C11H23NO3/c1-9(2)15-10(13)6-7-12(5)8-11(3,4)14/h9,14H,6-8H2,1-5H3. The van der Waals surface area contributed by atoms with E-state index in [-0.39, 0.29) is 12.1 Å². The molecule has 0 aromatic carbocycles. The van der Waals surface area contributed by atoms with E-state index in [9.17, 15) is 9.90 Å². The molecule has 0 bridgehead atoms. The molecule has 0 aromatic rings. The summed E-state index contributed by atoms with van der Waals surface area (Å²) in [6, 6.07) is 0. The molecule has 0 saturated carbocycles. The fourth-order valence-corrected chi connectivity index (χ4v) is 1.34. The molecule has 0 aliphatic carbocycles. The minimum Gasteiger partial charge on any atom is -0.463 e. The molecule has 4 nitrogen and oxygen atoms in total. The van der Waals surface area contributed by atoms with Crippen LogP contribution in [-0.4, -0.2) is 47.8 Å². The number of carbonyl (C=O) groups excluding carboxylic acids is 1. The van der Waals surface area contributed by atoms with E-state index in [2.05, 4.69) is 0 Å². The van der Waals surface area contributed by atoms with Gasteiger partial charge in [-0.15, -0.1) is 0 Å². The third kappa shape index (κ3) is 9.69. The van der Waals surface area contributed by atoms with Crippen molar-refractivity contribution < 1.29 is 14.6 Å². The molecule has 4 heteroatoms. The van der Waals surface area contributed by atoms with E-state index in [1.807, 2.05) is 25.8 Å². The molecule has 0 amide bonds. The van der Waals surface area contributed by atoms with Gasteiger partial charge >= 0.3 is 5.97 Å². The predicted octanol–water partition coefficient (Wildman–Crippen LogP) is 1.03. The first kappa shape index (κ1) is 14.4. The van der Waals surface area contributed by atoms with Crippen LogP contribution in [0.5, 0.6) is 0 Å². The van der Waals surface area contributed by atoms with Gasteiger partial charge in [0.2, 0.25) is 0 Å². The first-order valence-electron chi connectivity index (χ1n) is 5.31. The van der Waals surface area contributed by atoms with Crippen LogP contribution in [0.2, 0.25) is 0 Å². The van der Waals surface area contributed by atoms with Crippen LogP contribution in [0.1, 0.15) is 34.1 Å². The van der Waals surface area contributed by atoms with Gasteiger partial charge in [-0.1, -0.05) is 0 Å². The van der Waals surface area contributed by atoms with Crippen LogP contribution in [0.3, 0.4) is 0 Å². The van der Waals surface area contributed by atoms with Gasteiger partial charge in [0.05, 0.1) is 18.1 Å². The van der Waals surface area contributed by atoms with Crippen LogP contribution in [0, 0.1) is 0 Å². The number of ether oxygens (including phenoxy) is 1. The van der Waals surface area contributed by atoms with Crippen LogP contribution in [0.4, 0.5) is 0 Å². The van der Waals surface area contributed by atoms with Crippen LogP contribution in [0.25, 0.3) is 0 Å². The van der Waals surface area contributed by atoms with Crippen molar-refractivity contribution in [1.29, 1.82) is 0 Å². The normalized spacial score (nSPS) is 12.3. The molecule has 15 heavy (non-hydrogen) atoms. The van der Waals surface area contributed by atoms with Crippen LogP contribution in [0.15, 0.2) is 0 Å². The number of aliphatic hydroxyl groups is 1. The third-order valence-corrected chi connectivity index (χ3v) is 1.72. The second-order valence-corrected chi connectivity index (χ2v) is 4.84. The average molecular weight is 217 g/mol. The molecule has 0 aliphatic rings. The Morgan fingerprint density at radius 2 is 2.00 bits per heavy atom. The van der Waals surface area contributed by atoms with Crippen molar-refractivity contribution in [1.82, 2.24) is 4.90 Å². The number of hydrogen-bond donors (Lipinski definition) is 1. The van der Waals surface area contributed by atoms with Gasteiger partial charge in [-0.3, -0.25) is 4.79 Å². The van der Waals surface area contributed by atoms with Crippen LogP contribution >= 0.6 is 0 Å². The Bertz CT molecular complexity index is 196. The Kier molecular flexibility index (Phi) is 5.83. The van der Waals surface area contributed by atoms with E-state index >= 15 is 0 Å². The van der Waals surface area contributed by atoms with Crippen LogP contribution < -0.4 is 0 Å². The van der Waals surface area contributed by atoms with Gasteiger partial charge in [-0.25, -0.2) is 0 Å². The number of nitrogens with zero attached hydrogens (tertiary/aromatic N) is 1. The molecule has 1 N–H and O–H groups in total. The third-order valence-electron chi connectivity index (χ3n) is 1.72. The van der Waals surface area contributed by atoms with Gasteiger partial charge in [0.1, 0.15) is 0 Å². The highest BCUT2D eigenvalue weighted by molar-refractivity contribution is 5.69. The monoisotopic (exact) mass is 217 g/mol. The highest BCUT2D eigenvalue weighted by atomic mass is 16.5. The lowest BCUT2D eigenvalue weighted by Crippen LogP contribution is -2.37. The molecule has 0 unspecified atom stereocenters. The minimum absolute atomic E-state index is 0.0583. The quantitative estimate of drug-likeness (QED) is 0.675. The maximum atomic E-state index is 11.2. The summed E-state index contributed by atoms with van der Waals surface area (Å²) in [5.74, 6) is -0.187. The molecule has 90 valence electrons. The zero-order chi connectivity index (χ0) is 12.1. The first-order valence-corrected chi connectivity index (χ1v) is 5.31. The number of rotatable bonds is 6. The van der Waals surface area contributed by atoms with Crippen molar-refractivity contribution >= 4 is 5.97 Å². The maximum absolute atomic E-state index is 11.2. The molecule has 0 radical (unpaired) electrons. The Morgan fingerprint density at radius 1 is 1.47 bits per heavy atom. The van der Waals surface area contributed by atoms with Crippen molar-refractivity contribution in [3.63, 3.8) is 0 Å². The largest absolute Gasteiger partial charge is 0.463 e. The molecule has 0 aromatic heterocycles. The molecule has 0 fully saturated rings. The lowest BCUT2D eigenvalue weighted by atomic mass is 10.1. The Morgan fingerprint density at radius 3 is 2.40 bits per heavy atom. The number of likely N-dealkylation sites (N-methyl/N-ethyl adjacent to an activating group) is 1. The Labute approximate surface area is 92.2 Å². The molecule has 0 aliphatic heterocycles. The molecular weight excluding hydrogens is 194 g/mol. The van der Waals surface area contributed by atoms with Crippen molar-refractivity contribution in [2.24, 2.45) is 0 Å². The van der Waals surface area contributed by atoms with E-state index in [1.165, 1.54) is 0 Å². The van der Waals surface area contributed by atoms with E-state index in [0.717, 1.165) is 0 Å². The van der Waals surface area contributed by atoms with Gasteiger partial charge < -0.3 is 14.7 Å². The summed E-state index contributed by atoms with van der Waals surface area (Å²) in [6.07, 6.45) is 0.308. The predicted molar refractivity (Wildman–Crippen MR) is 59.6 cm³/mol. The van der Waals surface area contributed by atoms with Gasteiger partial charge in [0.25, 0.3) is 0 Å². The van der Waals surface area contributed by atoms with Crippen molar-refractivity contribution in [2.45, 2.75) is 45.8 Å². The van der Waals surface area contributed by atoms with Gasteiger partial charge in [-0.2, -0.15) is 0 Å². The summed E-state index contributed by atoms with van der Waals surface area (Å²) in [6.45, 7) is 8.31. The molecule has 0 spiro atoms. The summed E-state index contributed by atoms with van der Waals surface area (Å²) >= 11 is 0. The zero-order valence-electron chi connectivity index (χ0n) is 10.4. The molecule has 0 saturated heterocycles. The van der Waals surface area contributed by atoms with E-state index < -0.39 is 5.60 Å². The van der Waals surface area contributed by atoms with Gasteiger partial charge in [0, 0.05) is 13.1 Å². The average Bonchev–Trinajstić information content (AvgIpc) is 1.96. The summed E-state index contributed by atoms with van der Waals surface area (Å²) < 4.78 is 5.00. The summed E-state index contributed by atoms with van der Waals surface area (Å²) in [5, 5.41) is 9.54. The smallest absolute Gasteiger partial charge is 0.307 e. The first-order chi connectivity index (χ1) is 6.70. The zero-order valence-corrected chi connectivity index (χ0v) is 10.4. The summed E-state index contributed by atoms with van der Waals surface area (Å²) in [4.78, 5) is 13.1. The summed E-state index contributed by atoms with van der Waals surface area (Å²) in [5.41, 5.74) is -0.725. The van der Waals surface area contributed by atoms with Crippen molar-refractivity contribution in [3.05, 3.63) is 0 Å². The second kappa shape index (κ2) is 6.08. The van der Waals surface area contributed by atoms with Crippen molar-refractivity contribution in [2.75, 3.05) is 20.1 Å². The fourth-order valence-electron chi connectivity index (χ4n) is 1.34. The lowest BCUT2D eigenvalue weighted by molar-refractivity contribution is -0.147. The molecule has 0 rings (SSSR count). The molecular formula is C11H23NO3. The second-order valence-electron chi connectivity index (χ2n) is 4.84. The molecule has 0 atom stereocenters. The SMILES string of the molecule is CC(C)OC(=O)CCN(C)CC(C)(C)O. The van der Waals surface area contributed by atoms with E-state index in [1.54, 1.807) is 13.8 Å². The number of carbonyl (C=O) groups is 1. The Balaban J connectivity index is 3.71. The topological polar surface area (TPSA) is 49.8 Å². The van der Waals surface area contributed by atoms with Gasteiger partial charge in [-0.05, 0) is 34.7 Å². The molecule has 0 heterocycles. The minimum atomic E-state index is -0.725. The number of hydrogen-bond acceptors (Lipinski definition) is 4. The van der Waals surface area contributed by atoms with E-state index in [0.29, 0.717) is 19.5 Å². The Hall–Kier alpha value is -0.610. The summed E-state index contributed by atoms with van der Waals surface area (Å²) in [7, 11) is 1.88. The highest BCUT2D eigenvalue weighted by Crippen LogP contribution is 2.04. The maximum Gasteiger partial charge on any atom is 0.307 e. The van der Waals surface area contributed by atoms with E-state index in [4.69, 9.17) is 4.74 Å². The lowest BCUT2D eigenvalue weighted by Gasteiger charge is -2.25. The van der Waals surface area contributed by atoms with Gasteiger partial charge in [0.15, 0.2) is 0 Å². The number of esters is 1. The van der Waals surface area contributed by atoms with Crippen molar-refractivity contribution in [3.8, 4) is 0 Å². The fraction of sp³-hybridized carbons (Fsp3) is 0.909. The van der Waals surface area contributed by atoms with Crippen LogP contribution in [-0.2, 0) is 9.53 Å². The highest BCUT2D eigenvalue weighted by Gasteiger charge is 2.16.